The lowest BCUT2D eigenvalue weighted by Crippen LogP contribution is -2.42. The number of alkyl carbamates (subject to hydrolysis) is 1. The van der Waals surface area contributed by atoms with E-state index in [2.05, 4.69) is 5.32 Å². The minimum atomic E-state index is -4.80. The molecule has 4 nitrogen and oxygen atoms in total. The second kappa shape index (κ2) is 5.38. The molecule has 0 radical (unpaired) electrons. The molecule has 1 amide bonds. The van der Waals surface area contributed by atoms with Gasteiger partial charge in [0.15, 0.2) is 0 Å². The van der Waals surface area contributed by atoms with Gasteiger partial charge >= 0.3 is 13.1 Å². The van der Waals surface area contributed by atoms with Crippen LogP contribution in [0.3, 0.4) is 0 Å². The first-order valence-electron chi connectivity index (χ1n) is 5.98. The van der Waals surface area contributed by atoms with Crippen molar-refractivity contribution in [3.05, 3.63) is 0 Å². The number of carbonyl (C=O) groups is 1. The quantitative estimate of drug-likeness (QED) is 0.795. The third-order valence-corrected chi connectivity index (χ3v) is 2.46. The van der Waals surface area contributed by atoms with E-state index in [1.165, 1.54) is 4.90 Å². The van der Waals surface area contributed by atoms with E-state index in [9.17, 15) is 17.7 Å². The van der Waals surface area contributed by atoms with Gasteiger partial charge in [0.25, 0.3) is 0 Å². The Kier molecular flexibility index (Phi) is 4.53. The Morgan fingerprint density at radius 2 is 2.06 bits per heavy atom. The Bertz CT molecular complexity index is 304. The molecule has 0 aromatic heterocycles. The Morgan fingerprint density at radius 3 is 2.56 bits per heavy atom. The van der Waals surface area contributed by atoms with E-state index in [0.29, 0.717) is 13.0 Å². The molecule has 0 bridgehead atoms. The maximum absolute atomic E-state index is 12.2. The van der Waals surface area contributed by atoms with E-state index < -0.39 is 25.1 Å². The van der Waals surface area contributed by atoms with Crippen LogP contribution in [0.15, 0.2) is 0 Å². The van der Waals surface area contributed by atoms with Gasteiger partial charge in [0.05, 0.1) is 0 Å². The van der Waals surface area contributed by atoms with Crippen LogP contribution in [0.25, 0.3) is 0 Å². The first-order valence-corrected chi connectivity index (χ1v) is 5.98. The fourth-order valence-corrected chi connectivity index (χ4v) is 1.88. The van der Waals surface area contributed by atoms with E-state index in [1.54, 1.807) is 20.8 Å². The van der Waals surface area contributed by atoms with E-state index >= 15 is 0 Å². The molecule has 1 atom stereocenters. The van der Waals surface area contributed by atoms with Gasteiger partial charge in [0.1, 0.15) is 5.60 Å². The molecule has 1 saturated heterocycles. The summed E-state index contributed by atoms with van der Waals surface area (Å²) < 4.78 is 41.7. The van der Waals surface area contributed by atoms with Gasteiger partial charge in [-0.2, -0.15) is 0 Å². The normalized spacial score (nSPS) is 22.0. The molecule has 0 aliphatic carbocycles. The topological polar surface area (TPSA) is 41.6 Å². The summed E-state index contributed by atoms with van der Waals surface area (Å²) in [7, 11) is 0. The summed E-state index contributed by atoms with van der Waals surface area (Å²) >= 11 is 0. The van der Waals surface area contributed by atoms with Crippen LogP contribution < -0.4 is 5.32 Å². The van der Waals surface area contributed by atoms with Crippen LogP contribution >= 0.6 is 0 Å². The van der Waals surface area contributed by atoms with E-state index in [-0.39, 0.29) is 12.6 Å². The number of nitrogens with one attached hydrogen (secondary N) is 1. The summed E-state index contributed by atoms with van der Waals surface area (Å²) in [5.74, 6) is 0. The zero-order chi connectivity index (χ0) is 14.0. The van der Waals surface area contributed by atoms with Gasteiger partial charge in [-0.1, -0.05) is 0 Å². The average Bonchev–Trinajstić information content (AvgIpc) is 2.44. The predicted molar refractivity (Wildman–Crippen MR) is 63.3 cm³/mol. The van der Waals surface area contributed by atoms with Gasteiger partial charge in [-0.25, -0.2) is 4.79 Å². The van der Waals surface area contributed by atoms with Gasteiger partial charge in [0, 0.05) is 12.6 Å². The van der Waals surface area contributed by atoms with Crippen molar-refractivity contribution in [1.29, 1.82) is 0 Å². The predicted octanol–water partition coefficient (Wildman–Crippen LogP) is 1.97. The number of ether oxygens (including phenoxy) is 1. The fourth-order valence-electron chi connectivity index (χ4n) is 1.88. The molecule has 8 heteroatoms. The number of amides is 1. The summed E-state index contributed by atoms with van der Waals surface area (Å²) in [6, 6.07) is -0.266. The van der Waals surface area contributed by atoms with Crippen LogP contribution in [0, 0.1) is 0 Å². The second-order valence-corrected chi connectivity index (χ2v) is 5.60. The Labute approximate surface area is 105 Å². The molecule has 18 heavy (non-hydrogen) atoms. The van der Waals surface area contributed by atoms with Gasteiger partial charge in [-0.05, 0) is 40.2 Å². The summed E-state index contributed by atoms with van der Waals surface area (Å²) in [4.78, 5) is 12.7. The Morgan fingerprint density at radius 1 is 1.44 bits per heavy atom. The van der Waals surface area contributed by atoms with Crippen molar-refractivity contribution in [2.45, 2.75) is 38.8 Å². The van der Waals surface area contributed by atoms with Gasteiger partial charge in [-0.15, -0.1) is 0 Å². The molecular formula is C10H19BF3N2O2-. The lowest BCUT2D eigenvalue weighted by Gasteiger charge is -2.24. The fraction of sp³-hybridized carbons (Fsp3) is 0.900. The first kappa shape index (κ1) is 15.1. The molecule has 0 aromatic rings. The van der Waals surface area contributed by atoms with Crippen LogP contribution in [0.1, 0.15) is 27.2 Å². The maximum Gasteiger partial charge on any atom is 0.492 e. The molecular weight excluding hydrogens is 248 g/mol. The van der Waals surface area contributed by atoms with Crippen LogP contribution in [-0.2, 0) is 4.74 Å². The van der Waals surface area contributed by atoms with Crippen molar-refractivity contribution >= 4 is 13.1 Å². The Hall–Kier alpha value is -0.915. The molecule has 0 saturated carbocycles. The molecule has 106 valence electrons. The summed E-state index contributed by atoms with van der Waals surface area (Å²) in [5.41, 5.74) is -0.600. The summed E-state index contributed by atoms with van der Waals surface area (Å²) in [6.45, 7) is 0.976. The van der Waals surface area contributed by atoms with Crippen LogP contribution in [0.4, 0.5) is 17.7 Å². The zero-order valence-electron chi connectivity index (χ0n) is 10.9. The van der Waals surface area contributed by atoms with E-state index in [1.807, 2.05) is 0 Å². The molecule has 1 fully saturated rings. The van der Waals surface area contributed by atoms with Crippen molar-refractivity contribution in [3.63, 3.8) is 0 Å². The van der Waals surface area contributed by atoms with Crippen molar-refractivity contribution < 1.29 is 22.5 Å². The van der Waals surface area contributed by atoms with Crippen LogP contribution in [0.2, 0.25) is 0 Å². The van der Waals surface area contributed by atoms with Crippen LogP contribution in [0.5, 0.6) is 0 Å². The third kappa shape index (κ3) is 6.14. The molecule has 1 N–H and O–H groups in total. The highest BCUT2D eigenvalue weighted by Gasteiger charge is 2.32. The number of rotatable bonds is 3. The zero-order valence-corrected chi connectivity index (χ0v) is 10.9. The SMILES string of the molecule is CC(C)(C)OC(=O)N[C@@H]1CCN(C[B-](F)(F)F)C1. The number of likely N-dealkylation sites (tertiary alicyclic amines) is 1. The van der Waals surface area contributed by atoms with Crippen molar-refractivity contribution in [3.8, 4) is 0 Å². The molecule has 1 rings (SSSR count). The smallest absolute Gasteiger partial charge is 0.448 e. The molecule has 1 heterocycles. The number of nitrogens with zero attached hydrogens (tertiary/aromatic N) is 1. The Balaban J connectivity index is 2.32. The van der Waals surface area contributed by atoms with Gasteiger partial charge in [-0.3, -0.25) is 0 Å². The minimum Gasteiger partial charge on any atom is -0.448 e. The van der Waals surface area contributed by atoms with E-state index in [4.69, 9.17) is 4.74 Å². The lowest BCUT2D eigenvalue weighted by atomic mass is 9.91. The third-order valence-electron chi connectivity index (χ3n) is 2.46. The summed E-state index contributed by atoms with van der Waals surface area (Å²) in [6.07, 6.45) is -0.926. The van der Waals surface area contributed by atoms with Crippen molar-refractivity contribution in [1.82, 2.24) is 10.2 Å². The molecule has 1 aliphatic heterocycles. The van der Waals surface area contributed by atoms with Crippen molar-refractivity contribution in [2.75, 3.05) is 19.5 Å². The highest BCUT2D eigenvalue weighted by Crippen LogP contribution is 2.16. The summed E-state index contributed by atoms with van der Waals surface area (Å²) in [5, 5.41) is 2.59. The van der Waals surface area contributed by atoms with Gasteiger partial charge < -0.3 is 27.9 Å². The standard InChI is InChI=1S/C10H19BF3N2O2/c1-10(2,3)18-9(17)15-8-4-5-16(6-8)7-11(12,13)14/h8H,4-7H2,1-3H3,(H,15,17)/q-1/t8-/m1/s1. The molecule has 0 unspecified atom stereocenters. The second-order valence-electron chi connectivity index (χ2n) is 5.60. The van der Waals surface area contributed by atoms with E-state index in [0.717, 1.165) is 0 Å². The number of carbonyl (C=O) groups excluding carboxylic acids is 1. The molecule has 1 aliphatic rings. The molecule has 0 aromatic carbocycles. The number of hydrogen-bond donors (Lipinski definition) is 1. The van der Waals surface area contributed by atoms with Crippen LogP contribution in [-0.4, -0.2) is 49.1 Å². The number of halogens is 3. The highest BCUT2D eigenvalue weighted by molar-refractivity contribution is 6.58. The maximum atomic E-state index is 12.2. The monoisotopic (exact) mass is 267 g/mol. The number of hydrogen-bond acceptors (Lipinski definition) is 3. The minimum absolute atomic E-state index is 0.223. The van der Waals surface area contributed by atoms with Crippen molar-refractivity contribution in [2.24, 2.45) is 0 Å². The van der Waals surface area contributed by atoms with Gasteiger partial charge in [0.2, 0.25) is 0 Å². The average molecular weight is 267 g/mol. The largest absolute Gasteiger partial charge is 0.492 e. The first-order chi connectivity index (χ1) is 8.05. The lowest BCUT2D eigenvalue weighted by molar-refractivity contribution is 0.0506. The molecule has 0 spiro atoms. The highest BCUT2D eigenvalue weighted by atomic mass is 19.4.